The summed E-state index contributed by atoms with van der Waals surface area (Å²) < 4.78 is 0.755. The van der Waals surface area contributed by atoms with Gasteiger partial charge in [-0.2, -0.15) is 0 Å². The van der Waals surface area contributed by atoms with Crippen molar-refractivity contribution in [3.05, 3.63) is 35.3 Å². The van der Waals surface area contributed by atoms with Crippen molar-refractivity contribution in [3.8, 4) is 0 Å². The number of rotatable bonds is 5. The van der Waals surface area contributed by atoms with Gasteiger partial charge in [0.25, 0.3) is 0 Å². The molecular weight excluding hydrogens is 294 g/mol. The molecule has 1 heterocycles. The maximum Gasteiger partial charge on any atom is 0.237 e. The molecule has 0 bridgehead atoms. The Labute approximate surface area is 124 Å². The number of ketones is 1. The van der Waals surface area contributed by atoms with Gasteiger partial charge in [0.2, 0.25) is 5.91 Å². The SMILES string of the molecule is CC(=O)c1cccc(NC(=O)[C@@H](C)Sc2nncs2)c1. The lowest BCUT2D eigenvalue weighted by Gasteiger charge is -2.10. The summed E-state index contributed by atoms with van der Waals surface area (Å²) in [7, 11) is 0. The Morgan fingerprint density at radius 3 is 2.85 bits per heavy atom. The van der Waals surface area contributed by atoms with Crippen LogP contribution in [-0.4, -0.2) is 27.1 Å². The van der Waals surface area contributed by atoms with Crippen molar-refractivity contribution >= 4 is 40.5 Å². The van der Waals surface area contributed by atoms with Crippen molar-refractivity contribution in [2.45, 2.75) is 23.4 Å². The lowest BCUT2D eigenvalue weighted by molar-refractivity contribution is -0.115. The summed E-state index contributed by atoms with van der Waals surface area (Å²) >= 11 is 2.75. The number of nitrogens with zero attached hydrogens (tertiary/aromatic N) is 2. The second-order valence-electron chi connectivity index (χ2n) is 4.09. The minimum atomic E-state index is -0.288. The van der Waals surface area contributed by atoms with E-state index in [2.05, 4.69) is 15.5 Å². The minimum absolute atomic E-state index is 0.0302. The standard InChI is InChI=1S/C13H13N3O2S2/c1-8(17)10-4-3-5-11(6-10)15-12(18)9(2)20-13-16-14-7-19-13/h3-7,9H,1-2H3,(H,15,18)/t9-/m1/s1. The normalized spacial score (nSPS) is 11.9. The van der Waals surface area contributed by atoms with E-state index in [0.29, 0.717) is 11.3 Å². The largest absolute Gasteiger partial charge is 0.325 e. The average molecular weight is 307 g/mol. The zero-order valence-corrected chi connectivity index (χ0v) is 12.6. The van der Waals surface area contributed by atoms with Crippen LogP contribution in [0.3, 0.4) is 0 Å². The van der Waals surface area contributed by atoms with E-state index in [0.717, 1.165) is 4.34 Å². The number of aromatic nitrogens is 2. The fraction of sp³-hybridized carbons (Fsp3) is 0.231. The van der Waals surface area contributed by atoms with Crippen LogP contribution in [0.4, 0.5) is 5.69 Å². The van der Waals surface area contributed by atoms with Crippen LogP contribution in [-0.2, 0) is 4.79 Å². The molecule has 0 spiro atoms. The summed E-state index contributed by atoms with van der Waals surface area (Å²) in [6, 6.07) is 6.89. The maximum absolute atomic E-state index is 12.1. The first-order valence-electron chi connectivity index (χ1n) is 5.91. The van der Waals surface area contributed by atoms with E-state index in [1.807, 2.05) is 0 Å². The van der Waals surface area contributed by atoms with E-state index in [9.17, 15) is 9.59 Å². The molecule has 0 aliphatic rings. The van der Waals surface area contributed by atoms with Gasteiger partial charge in [0.15, 0.2) is 10.1 Å². The highest BCUT2D eigenvalue weighted by molar-refractivity contribution is 8.02. The van der Waals surface area contributed by atoms with Crippen LogP contribution < -0.4 is 5.32 Å². The Hall–Kier alpha value is -1.73. The Bertz CT molecular complexity index is 614. The molecule has 1 aromatic heterocycles. The number of benzene rings is 1. The van der Waals surface area contributed by atoms with Crippen molar-refractivity contribution < 1.29 is 9.59 Å². The minimum Gasteiger partial charge on any atom is -0.325 e. The third-order valence-electron chi connectivity index (χ3n) is 2.52. The van der Waals surface area contributed by atoms with Crippen molar-refractivity contribution in [3.63, 3.8) is 0 Å². The molecule has 1 atom stereocenters. The molecule has 0 aliphatic carbocycles. The number of carbonyl (C=O) groups is 2. The third-order valence-corrected chi connectivity index (χ3v) is 4.43. The third kappa shape index (κ3) is 3.88. The highest BCUT2D eigenvalue weighted by atomic mass is 32.2. The fourth-order valence-corrected chi connectivity index (χ4v) is 3.10. The van der Waals surface area contributed by atoms with E-state index in [1.54, 1.807) is 36.7 Å². The predicted molar refractivity (Wildman–Crippen MR) is 80.3 cm³/mol. The van der Waals surface area contributed by atoms with Gasteiger partial charge in [0.1, 0.15) is 5.51 Å². The summed E-state index contributed by atoms with van der Waals surface area (Å²) in [6.45, 7) is 3.30. The fourth-order valence-electron chi connectivity index (χ4n) is 1.48. The molecule has 0 unspecified atom stereocenters. The van der Waals surface area contributed by atoms with Crippen molar-refractivity contribution in [1.29, 1.82) is 0 Å². The number of amides is 1. The Morgan fingerprint density at radius 2 is 2.20 bits per heavy atom. The molecule has 2 rings (SSSR count). The molecule has 0 aliphatic heterocycles. The van der Waals surface area contributed by atoms with Gasteiger partial charge in [-0.25, -0.2) is 0 Å². The van der Waals surface area contributed by atoms with Gasteiger partial charge in [-0.3, -0.25) is 9.59 Å². The number of hydrogen-bond donors (Lipinski definition) is 1. The Kier molecular flexibility index (Phi) is 4.86. The number of Topliss-reactive ketones (excluding diaryl/α,β-unsaturated/α-hetero) is 1. The van der Waals surface area contributed by atoms with Gasteiger partial charge in [0, 0.05) is 11.3 Å². The number of carbonyl (C=O) groups excluding carboxylic acids is 2. The van der Waals surface area contributed by atoms with Crippen LogP contribution in [0.15, 0.2) is 34.1 Å². The Morgan fingerprint density at radius 1 is 1.40 bits per heavy atom. The summed E-state index contributed by atoms with van der Waals surface area (Å²) in [5.41, 5.74) is 2.82. The number of anilines is 1. The van der Waals surface area contributed by atoms with Crippen LogP contribution >= 0.6 is 23.1 Å². The van der Waals surface area contributed by atoms with Crippen LogP contribution in [0.1, 0.15) is 24.2 Å². The summed E-state index contributed by atoms with van der Waals surface area (Å²) in [6.07, 6.45) is 0. The average Bonchev–Trinajstić information content (AvgIpc) is 2.91. The van der Waals surface area contributed by atoms with E-state index in [1.165, 1.54) is 30.0 Å². The predicted octanol–water partition coefficient (Wildman–Crippen LogP) is 2.86. The summed E-state index contributed by atoms with van der Waals surface area (Å²) in [5.74, 6) is -0.164. The highest BCUT2D eigenvalue weighted by Crippen LogP contribution is 2.25. The zero-order valence-electron chi connectivity index (χ0n) is 11.0. The molecule has 5 nitrogen and oxygen atoms in total. The molecule has 0 fully saturated rings. The van der Waals surface area contributed by atoms with Gasteiger partial charge in [-0.1, -0.05) is 35.2 Å². The van der Waals surface area contributed by atoms with Crippen molar-refractivity contribution in [1.82, 2.24) is 10.2 Å². The molecule has 0 saturated heterocycles. The molecule has 104 valence electrons. The zero-order chi connectivity index (χ0) is 14.5. The summed E-state index contributed by atoms with van der Waals surface area (Å²) in [4.78, 5) is 23.4. The molecule has 7 heteroatoms. The molecule has 0 saturated carbocycles. The lowest BCUT2D eigenvalue weighted by atomic mass is 10.1. The first-order chi connectivity index (χ1) is 9.56. The molecular formula is C13H13N3O2S2. The quantitative estimate of drug-likeness (QED) is 0.679. The van der Waals surface area contributed by atoms with Crippen LogP contribution in [0.2, 0.25) is 0 Å². The van der Waals surface area contributed by atoms with Crippen LogP contribution in [0.5, 0.6) is 0 Å². The smallest absolute Gasteiger partial charge is 0.237 e. The summed E-state index contributed by atoms with van der Waals surface area (Å²) in [5, 5.41) is 10.1. The van der Waals surface area contributed by atoms with Gasteiger partial charge in [-0.15, -0.1) is 10.2 Å². The van der Waals surface area contributed by atoms with E-state index < -0.39 is 0 Å². The van der Waals surface area contributed by atoms with Crippen LogP contribution in [0, 0.1) is 0 Å². The number of hydrogen-bond acceptors (Lipinski definition) is 6. The van der Waals surface area contributed by atoms with Crippen molar-refractivity contribution in [2.24, 2.45) is 0 Å². The van der Waals surface area contributed by atoms with Gasteiger partial charge in [-0.05, 0) is 26.0 Å². The maximum atomic E-state index is 12.1. The molecule has 0 radical (unpaired) electrons. The van der Waals surface area contributed by atoms with E-state index >= 15 is 0 Å². The first-order valence-corrected chi connectivity index (χ1v) is 7.67. The first kappa shape index (κ1) is 14.7. The van der Waals surface area contributed by atoms with E-state index in [4.69, 9.17) is 0 Å². The van der Waals surface area contributed by atoms with E-state index in [-0.39, 0.29) is 16.9 Å². The molecule has 1 amide bonds. The molecule has 2 aromatic rings. The highest BCUT2D eigenvalue weighted by Gasteiger charge is 2.16. The Balaban J connectivity index is 2.00. The topological polar surface area (TPSA) is 72.0 Å². The molecule has 20 heavy (non-hydrogen) atoms. The van der Waals surface area contributed by atoms with Gasteiger partial charge in [0.05, 0.1) is 5.25 Å². The van der Waals surface area contributed by atoms with Crippen LogP contribution in [0.25, 0.3) is 0 Å². The van der Waals surface area contributed by atoms with Crippen molar-refractivity contribution in [2.75, 3.05) is 5.32 Å². The van der Waals surface area contributed by atoms with Gasteiger partial charge < -0.3 is 5.32 Å². The monoisotopic (exact) mass is 307 g/mol. The lowest BCUT2D eigenvalue weighted by Crippen LogP contribution is -2.22. The van der Waals surface area contributed by atoms with Gasteiger partial charge >= 0.3 is 0 Å². The number of nitrogens with one attached hydrogen (secondary N) is 1. The number of thioether (sulfide) groups is 1. The molecule has 1 aromatic carbocycles. The molecule has 1 N–H and O–H groups in total. The second kappa shape index (κ2) is 6.62. The second-order valence-corrected chi connectivity index (χ2v) is 6.51.